The van der Waals surface area contributed by atoms with Crippen LogP contribution in [-0.2, 0) is 4.79 Å². The topological polar surface area (TPSA) is 71.8 Å². The normalized spacial score (nSPS) is 18.5. The number of hydrogen-bond donors (Lipinski definition) is 2. The van der Waals surface area contributed by atoms with Gasteiger partial charge in [-0.2, -0.15) is 0 Å². The van der Waals surface area contributed by atoms with Crippen LogP contribution in [0.4, 0.5) is 5.69 Å². The Labute approximate surface area is 169 Å². The SMILES string of the molecule is Cc1cc(NC(=O)[C@@H]2Sc3nnc(C)n3N[C@@H]2c2ccccc2)ccc1Br. The molecular formula is C19H18BrN5OS. The minimum Gasteiger partial charge on any atom is -0.325 e. The molecule has 0 aliphatic carbocycles. The van der Waals surface area contributed by atoms with Crippen molar-refractivity contribution in [3.05, 3.63) is 70.0 Å². The summed E-state index contributed by atoms with van der Waals surface area (Å²) in [5.41, 5.74) is 6.28. The van der Waals surface area contributed by atoms with Crippen molar-refractivity contribution >= 4 is 39.3 Å². The van der Waals surface area contributed by atoms with E-state index in [1.165, 1.54) is 11.8 Å². The Morgan fingerprint density at radius 1 is 1.19 bits per heavy atom. The van der Waals surface area contributed by atoms with Crippen LogP contribution in [0.5, 0.6) is 0 Å². The molecule has 2 N–H and O–H groups in total. The minimum absolute atomic E-state index is 0.0741. The maximum Gasteiger partial charge on any atom is 0.240 e. The summed E-state index contributed by atoms with van der Waals surface area (Å²) in [5, 5.41) is 11.6. The largest absolute Gasteiger partial charge is 0.325 e. The molecule has 2 atom stereocenters. The second-order valence-corrected chi connectivity index (χ2v) is 8.34. The van der Waals surface area contributed by atoms with E-state index in [1.807, 2.05) is 67.1 Å². The Hall–Kier alpha value is -2.32. The monoisotopic (exact) mass is 443 g/mol. The lowest BCUT2D eigenvalue weighted by Crippen LogP contribution is -2.41. The molecule has 1 aliphatic heterocycles. The molecule has 0 fully saturated rings. The molecule has 4 rings (SSSR count). The van der Waals surface area contributed by atoms with Crippen LogP contribution in [0.2, 0.25) is 0 Å². The van der Waals surface area contributed by atoms with E-state index in [1.54, 1.807) is 0 Å². The number of aromatic nitrogens is 3. The standard InChI is InChI=1S/C19H18BrN5OS/c1-11-10-14(8-9-15(11)20)21-18(26)17-16(13-6-4-3-5-7-13)24-25-12(2)22-23-19(25)27-17/h3-10,16-17,24H,1-2H3,(H,21,26)/t16-,17-/m1/s1. The molecule has 138 valence electrons. The number of thioether (sulfide) groups is 1. The number of rotatable bonds is 3. The lowest BCUT2D eigenvalue weighted by Gasteiger charge is -2.32. The van der Waals surface area contributed by atoms with Crippen LogP contribution in [0, 0.1) is 13.8 Å². The molecule has 1 aromatic heterocycles. The minimum atomic E-state index is -0.382. The van der Waals surface area contributed by atoms with Crippen molar-refractivity contribution in [2.45, 2.75) is 30.3 Å². The van der Waals surface area contributed by atoms with Crippen molar-refractivity contribution in [2.75, 3.05) is 10.7 Å². The van der Waals surface area contributed by atoms with Gasteiger partial charge in [-0.05, 0) is 43.2 Å². The lowest BCUT2D eigenvalue weighted by molar-refractivity contribution is -0.116. The predicted octanol–water partition coefficient (Wildman–Crippen LogP) is 4.06. The highest BCUT2D eigenvalue weighted by Crippen LogP contribution is 2.37. The number of benzene rings is 2. The summed E-state index contributed by atoms with van der Waals surface area (Å²) in [6.45, 7) is 3.88. The molecule has 0 saturated heterocycles. The van der Waals surface area contributed by atoms with Crippen molar-refractivity contribution in [1.29, 1.82) is 0 Å². The zero-order valence-corrected chi connectivity index (χ0v) is 17.2. The fraction of sp³-hybridized carbons (Fsp3) is 0.211. The van der Waals surface area contributed by atoms with E-state index >= 15 is 0 Å². The van der Waals surface area contributed by atoms with Crippen molar-refractivity contribution in [1.82, 2.24) is 14.9 Å². The molecular weight excluding hydrogens is 426 g/mol. The molecule has 1 amide bonds. The van der Waals surface area contributed by atoms with Gasteiger partial charge in [0.2, 0.25) is 11.1 Å². The predicted molar refractivity (Wildman–Crippen MR) is 110 cm³/mol. The number of carbonyl (C=O) groups is 1. The summed E-state index contributed by atoms with van der Waals surface area (Å²) in [6.07, 6.45) is 0. The number of aryl methyl sites for hydroxylation is 2. The number of halogens is 1. The van der Waals surface area contributed by atoms with Crippen LogP contribution in [0.3, 0.4) is 0 Å². The number of hydrogen-bond acceptors (Lipinski definition) is 5. The van der Waals surface area contributed by atoms with Gasteiger partial charge in [0.05, 0.1) is 6.04 Å². The molecule has 3 aromatic rings. The third-order valence-corrected chi connectivity index (χ3v) is 6.55. The lowest BCUT2D eigenvalue weighted by atomic mass is 10.0. The van der Waals surface area contributed by atoms with Gasteiger partial charge in [-0.3, -0.25) is 4.79 Å². The van der Waals surface area contributed by atoms with Crippen LogP contribution in [0.25, 0.3) is 0 Å². The van der Waals surface area contributed by atoms with Gasteiger partial charge in [0.1, 0.15) is 11.1 Å². The first-order valence-corrected chi connectivity index (χ1v) is 10.2. The maximum atomic E-state index is 13.1. The first-order valence-electron chi connectivity index (χ1n) is 8.50. The van der Waals surface area contributed by atoms with Gasteiger partial charge in [0.25, 0.3) is 0 Å². The van der Waals surface area contributed by atoms with Crippen LogP contribution in [-0.4, -0.2) is 26.0 Å². The van der Waals surface area contributed by atoms with Gasteiger partial charge in [-0.25, -0.2) is 4.68 Å². The number of fused-ring (bicyclic) bond motifs is 1. The molecule has 1 aliphatic rings. The van der Waals surface area contributed by atoms with E-state index in [9.17, 15) is 4.79 Å². The second kappa shape index (κ2) is 7.36. The Bertz CT molecular complexity index is 991. The first-order chi connectivity index (χ1) is 13.0. The smallest absolute Gasteiger partial charge is 0.240 e. The molecule has 0 bridgehead atoms. The third kappa shape index (κ3) is 3.59. The summed E-state index contributed by atoms with van der Waals surface area (Å²) in [6, 6.07) is 15.5. The summed E-state index contributed by atoms with van der Waals surface area (Å²) in [7, 11) is 0. The molecule has 0 saturated carbocycles. The van der Waals surface area contributed by atoms with Gasteiger partial charge in [-0.15, -0.1) is 10.2 Å². The van der Waals surface area contributed by atoms with Crippen LogP contribution < -0.4 is 10.7 Å². The zero-order valence-electron chi connectivity index (χ0n) is 14.8. The van der Waals surface area contributed by atoms with Crippen LogP contribution in [0.1, 0.15) is 23.0 Å². The molecule has 2 aromatic carbocycles. The average molecular weight is 444 g/mol. The summed E-state index contributed by atoms with van der Waals surface area (Å²) in [5.74, 6) is 0.691. The summed E-state index contributed by atoms with van der Waals surface area (Å²) < 4.78 is 2.86. The van der Waals surface area contributed by atoms with Crippen molar-refractivity contribution in [3.63, 3.8) is 0 Å². The Morgan fingerprint density at radius 2 is 1.96 bits per heavy atom. The van der Waals surface area contributed by atoms with E-state index in [0.717, 1.165) is 27.1 Å². The number of nitrogens with one attached hydrogen (secondary N) is 2. The van der Waals surface area contributed by atoms with Gasteiger partial charge in [0.15, 0.2) is 0 Å². The zero-order chi connectivity index (χ0) is 19.0. The number of carbonyl (C=O) groups excluding carboxylic acids is 1. The third-order valence-electron chi connectivity index (χ3n) is 4.44. The highest BCUT2D eigenvalue weighted by atomic mass is 79.9. The first kappa shape index (κ1) is 18.1. The van der Waals surface area contributed by atoms with E-state index in [-0.39, 0.29) is 17.2 Å². The molecule has 8 heteroatoms. The maximum absolute atomic E-state index is 13.1. The Kier molecular flexibility index (Phi) is 4.92. The highest BCUT2D eigenvalue weighted by molar-refractivity contribution is 9.10. The second-order valence-electron chi connectivity index (χ2n) is 6.37. The molecule has 0 unspecified atom stereocenters. The fourth-order valence-electron chi connectivity index (χ4n) is 3.01. The molecule has 27 heavy (non-hydrogen) atoms. The van der Waals surface area contributed by atoms with Crippen molar-refractivity contribution in [3.8, 4) is 0 Å². The number of amides is 1. The quantitative estimate of drug-likeness (QED) is 0.638. The molecule has 6 nitrogen and oxygen atoms in total. The van der Waals surface area contributed by atoms with E-state index in [2.05, 4.69) is 36.9 Å². The Morgan fingerprint density at radius 3 is 2.70 bits per heavy atom. The van der Waals surface area contributed by atoms with E-state index in [0.29, 0.717) is 5.16 Å². The molecule has 0 spiro atoms. The molecule has 0 radical (unpaired) electrons. The Balaban J connectivity index is 1.65. The van der Waals surface area contributed by atoms with Gasteiger partial charge in [-0.1, -0.05) is 58.0 Å². The van der Waals surface area contributed by atoms with E-state index in [4.69, 9.17) is 0 Å². The fourth-order valence-corrected chi connectivity index (χ4v) is 4.38. The van der Waals surface area contributed by atoms with Gasteiger partial charge >= 0.3 is 0 Å². The highest BCUT2D eigenvalue weighted by Gasteiger charge is 2.37. The summed E-state index contributed by atoms with van der Waals surface area (Å²) in [4.78, 5) is 13.1. The van der Waals surface area contributed by atoms with Crippen molar-refractivity contribution < 1.29 is 4.79 Å². The summed E-state index contributed by atoms with van der Waals surface area (Å²) >= 11 is 4.91. The number of anilines is 1. The average Bonchev–Trinajstić information content (AvgIpc) is 3.04. The van der Waals surface area contributed by atoms with Crippen LogP contribution >= 0.6 is 27.7 Å². The van der Waals surface area contributed by atoms with Crippen LogP contribution in [0.15, 0.2) is 58.2 Å². The number of nitrogens with zero attached hydrogens (tertiary/aromatic N) is 3. The van der Waals surface area contributed by atoms with Crippen molar-refractivity contribution in [2.24, 2.45) is 0 Å². The van der Waals surface area contributed by atoms with Gasteiger partial charge < -0.3 is 10.7 Å². The molecule has 2 heterocycles. The van der Waals surface area contributed by atoms with Gasteiger partial charge in [0, 0.05) is 10.2 Å². The van der Waals surface area contributed by atoms with E-state index < -0.39 is 0 Å².